The van der Waals surface area contributed by atoms with E-state index >= 15 is 0 Å². The molecule has 0 radical (unpaired) electrons. The number of rotatable bonds is 9. The van der Waals surface area contributed by atoms with Crippen LogP contribution in [-0.4, -0.2) is 38.4 Å². The Morgan fingerprint density at radius 1 is 1.00 bits per heavy atom. The Kier molecular flexibility index (Phi) is 7.59. The predicted octanol–water partition coefficient (Wildman–Crippen LogP) is 3.61. The van der Waals surface area contributed by atoms with Gasteiger partial charge in [-0.05, 0) is 37.3 Å². The van der Waals surface area contributed by atoms with Crippen molar-refractivity contribution >= 4 is 39.0 Å². The zero-order chi connectivity index (χ0) is 24.7. The van der Waals surface area contributed by atoms with Crippen molar-refractivity contribution in [1.82, 2.24) is 0 Å². The number of nitrogens with one attached hydrogen (secondary N) is 1. The van der Waals surface area contributed by atoms with Crippen LogP contribution in [-0.2, 0) is 19.6 Å². The van der Waals surface area contributed by atoms with Crippen molar-refractivity contribution in [1.29, 1.82) is 0 Å². The molecule has 0 saturated carbocycles. The molecule has 176 valence electrons. The van der Waals surface area contributed by atoms with E-state index in [4.69, 9.17) is 4.74 Å². The molecule has 0 aliphatic rings. The first-order valence-electron chi connectivity index (χ1n) is 10.1. The van der Waals surface area contributed by atoms with Gasteiger partial charge in [0.05, 0.1) is 33.4 Å². The monoisotopic (exact) mass is 483 g/mol. The second-order valence-electron chi connectivity index (χ2n) is 6.92. The normalized spacial score (nSPS) is 10.9. The summed E-state index contributed by atoms with van der Waals surface area (Å²) in [7, 11) is -4.26. The third kappa shape index (κ3) is 5.56. The number of carbonyl (C=O) groups is 2. The van der Waals surface area contributed by atoms with E-state index < -0.39 is 33.4 Å². The fourth-order valence-electron chi connectivity index (χ4n) is 3.10. The summed E-state index contributed by atoms with van der Waals surface area (Å²) in [5.74, 6) is -1.41. The van der Waals surface area contributed by atoms with Crippen LogP contribution in [0.3, 0.4) is 0 Å². The Morgan fingerprint density at radius 3 is 2.35 bits per heavy atom. The Hall–Kier alpha value is -4.25. The Labute approximate surface area is 196 Å². The van der Waals surface area contributed by atoms with Gasteiger partial charge in [0, 0.05) is 12.1 Å². The van der Waals surface area contributed by atoms with Gasteiger partial charge in [0.25, 0.3) is 15.7 Å². The number of amides is 1. The Bertz CT molecular complexity index is 1310. The predicted molar refractivity (Wildman–Crippen MR) is 125 cm³/mol. The van der Waals surface area contributed by atoms with Crippen molar-refractivity contribution in [3.63, 3.8) is 0 Å². The Morgan fingerprint density at radius 2 is 1.68 bits per heavy atom. The van der Waals surface area contributed by atoms with Crippen LogP contribution in [0.25, 0.3) is 0 Å². The van der Waals surface area contributed by atoms with Gasteiger partial charge in [-0.2, -0.15) is 0 Å². The number of esters is 1. The molecule has 0 aliphatic heterocycles. The van der Waals surface area contributed by atoms with Crippen LogP contribution in [0.5, 0.6) is 0 Å². The van der Waals surface area contributed by atoms with E-state index in [1.807, 2.05) is 0 Å². The number of benzene rings is 3. The van der Waals surface area contributed by atoms with E-state index in [1.54, 1.807) is 25.1 Å². The summed E-state index contributed by atoms with van der Waals surface area (Å²) in [5.41, 5.74) is -0.154. The van der Waals surface area contributed by atoms with Crippen LogP contribution in [0.2, 0.25) is 0 Å². The SMILES string of the molecule is CCOC(=O)c1ccccc1NC(=O)CN(c1cccc([N+](=O)[O-])c1)S(=O)(=O)c1ccccc1. The van der Waals surface area contributed by atoms with Crippen LogP contribution in [0.4, 0.5) is 17.1 Å². The first-order valence-corrected chi connectivity index (χ1v) is 11.6. The van der Waals surface area contributed by atoms with Crippen molar-refractivity contribution in [2.45, 2.75) is 11.8 Å². The average molecular weight is 484 g/mol. The molecule has 10 nitrogen and oxygen atoms in total. The van der Waals surface area contributed by atoms with Gasteiger partial charge in [-0.25, -0.2) is 13.2 Å². The maximum atomic E-state index is 13.4. The van der Waals surface area contributed by atoms with E-state index in [1.165, 1.54) is 54.6 Å². The van der Waals surface area contributed by atoms with Crippen LogP contribution in [0, 0.1) is 10.1 Å². The lowest BCUT2D eigenvalue weighted by molar-refractivity contribution is -0.384. The van der Waals surface area contributed by atoms with Gasteiger partial charge in [0.1, 0.15) is 6.54 Å². The van der Waals surface area contributed by atoms with E-state index in [0.29, 0.717) is 0 Å². The molecule has 0 fully saturated rings. The molecule has 0 heterocycles. The smallest absolute Gasteiger partial charge is 0.340 e. The molecule has 0 aliphatic carbocycles. The summed E-state index contributed by atoms with van der Waals surface area (Å²) in [6.07, 6.45) is 0. The third-order valence-electron chi connectivity index (χ3n) is 4.64. The van der Waals surface area contributed by atoms with Gasteiger partial charge in [-0.3, -0.25) is 19.2 Å². The van der Waals surface area contributed by atoms with Gasteiger partial charge < -0.3 is 10.1 Å². The average Bonchev–Trinajstić information content (AvgIpc) is 2.83. The zero-order valence-electron chi connectivity index (χ0n) is 18.1. The maximum absolute atomic E-state index is 13.4. The molecule has 0 spiro atoms. The lowest BCUT2D eigenvalue weighted by Crippen LogP contribution is -2.38. The second kappa shape index (κ2) is 10.6. The molecule has 0 unspecified atom stereocenters. The number of hydrogen-bond acceptors (Lipinski definition) is 7. The second-order valence-corrected chi connectivity index (χ2v) is 8.78. The van der Waals surface area contributed by atoms with Crippen LogP contribution in [0.1, 0.15) is 17.3 Å². The molecule has 34 heavy (non-hydrogen) atoms. The number of nitro groups is 1. The molecule has 0 atom stereocenters. The summed E-state index contributed by atoms with van der Waals surface area (Å²) < 4.78 is 32.5. The molecular formula is C23H21N3O7S. The minimum absolute atomic E-state index is 0.0631. The first-order chi connectivity index (χ1) is 16.2. The highest BCUT2D eigenvalue weighted by Gasteiger charge is 2.28. The molecule has 0 bridgehead atoms. The Balaban J connectivity index is 1.97. The highest BCUT2D eigenvalue weighted by Crippen LogP contribution is 2.27. The van der Waals surface area contributed by atoms with Gasteiger partial charge in [-0.1, -0.05) is 36.4 Å². The quantitative estimate of drug-likeness (QED) is 0.279. The summed E-state index contributed by atoms with van der Waals surface area (Å²) in [4.78, 5) is 35.6. The fraction of sp³-hybridized carbons (Fsp3) is 0.130. The molecular weight excluding hydrogens is 462 g/mol. The topological polar surface area (TPSA) is 136 Å². The number of sulfonamides is 1. The standard InChI is InChI=1S/C23H21N3O7S/c1-2-33-23(28)20-13-6-7-14-21(20)24-22(27)16-25(17-9-8-10-18(15-17)26(29)30)34(31,32)19-11-4-3-5-12-19/h3-15H,2,16H2,1H3,(H,24,27). The van der Waals surface area contributed by atoms with E-state index in [2.05, 4.69) is 5.32 Å². The minimum atomic E-state index is -4.26. The summed E-state index contributed by atoms with van der Waals surface area (Å²) in [6, 6.07) is 18.5. The number of nitrogens with zero attached hydrogens (tertiary/aromatic N) is 2. The number of ether oxygens (including phenoxy) is 1. The van der Waals surface area contributed by atoms with E-state index in [0.717, 1.165) is 10.4 Å². The molecule has 1 N–H and O–H groups in total. The minimum Gasteiger partial charge on any atom is -0.462 e. The zero-order valence-corrected chi connectivity index (χ0v) is 18.9. The highest BCUT2D eigenvalue weighted by molar-refractivity contribution is 7.92. The molecule has 3 aromatic carbocycles. The van der Waals surface area contributed by atoms with Crippen molar-refractivity contribution in [2.24, 2.45) is 0 Å². The van der Waals surface area contributed by atoms with Crippen LogP contribution >= 0.6 is 0 Å². The third-order valence-corrected chi connectivity index (χ3v) is 6.43. The van der Waals surface area contributed by atoms with Crippen molar-refractivity contribution < 1.29 is 27.7 Å². The van der Waals surface area contributed by atoms with Gasteiger partial charge in [-0.15, -0.1) is 0 Å². The number of hydrogen-bond donors (Lipinski definition) is 1. The highest BCUT2D eigenvalue weighted by atomic mass is 32.2. The van der Waals surface area contributed by atoms with Gasteiger partial charge in [0.15, 0.2) is 0 Å². The van der Waals surface area contributed by atoms with Crippen LogP contribution in [0.15, 0.2) is 83.8 Å². The van der Waals surface area contributed by atoms with Crippen LogP contribution < -0.4 is 9.62 Å². The summed E-state index contributed by atoms with van der Waals surface area (Å²) in [5, 5.41) is 13.8. The molecule has 3 aromatic rings. The van der Waals surface area contributed by atoms with Crippen molar-refractivity contribution in [2.75, 3.05) is 22.8 Å². The number of non-ortho nitro benzene ring substituents is 1. The molecule has 0 aromatic heterocycles. The lowest BCUT2D eigenvalue weighted by Gasteiger charge is -2.24. The van der Waals surface area contributed by atoms with Crippen molar-refractivity contribution in [3.05, 3.63) is 94.5 Å². The van der Waals surface area contributed by atoms with Gasteiger partial charge >= 0.3 is 5.97 Å². The van der Waals surface area contributed by atoms with Gasteiger partial charge in [0.2, 0.25) is 5.91 Å². The van der Waals surface area contributed by atoms with E-state index in [-0.39, 0.29) is 34.1 Å². The number of nitro benzene ring substituents is 1. The number of anilines is 2. The molecule has 0 saturated heterocycles. The first kappa shape index (κ1) is 24.4. The summed E-state index contributed by atoms with van der Waals surface area (Å²) >= 11 is 0. The number of carbonyl (C=O) groups excluding carboxylic acids is 2. The number of para-hydroxylation sites is 1. The molecule has 11 heteroatoms. The fourth-order valence-corrected chi connectivity index (χ4v) is 4.53. The van der Waals surface area contributed by atoms with Crippen molar-refractivity contribution in [3.8, 4) is 0 Å². The largest absolute Gasteiger partial charge is 0.462 e. The van der Waals surface area contributed by atoms with E-state index in [9.17, 15) is 28.1 Å². The summed E-state index contributed by atoms with van der Waals surface area (Å²) in [6.45, 7) is 1.08. The molecule has 3 rings (SSSR count). The molecule has 1 amide bonds. The maximum Gasteiger partial charge on any atom is 0.340 e. The lowest BCUT2D eigenvalue weighted by atomic mass is 10.2.